The second-order valence-electron chi connectivity index (χ2n) is 3.83. The predicted molar refractivity (Wildman–Crippen MR) is 62.3 cm³/mol. The fraction of sp³-hybridized carbons (Fsp3) is 0.583. The molecule has 0 N–H and O–H groups in total. The maximum absolute atomic E-state index is 5.56. The van der Waals surface area contributed by atoms with Crippen LogP contribution in [0.3, 0.4) is 0 Å². The molecule has 0 unspecified atom stereocenters. The number of ether oxygens (including phenoxy) is 1. The highest BCUT2D eigenvalue weighted by atomic mass is 16.5. The van der Waals surface area contributed by atoms with E-state index in [0.717, 1.165) is 37.6 Å². The molecule has 0 atom stereocenters. The van der Waals surface area contributed by atoms with Crippen molar-refractivity contribution < 1.29 is 4.74 Å². The van der Waals surface area contributed by atoms with Crippen LogP contribution < -0.4 is 4.74 Å². The molecule has 0 fully saturated rings. The fourth-order valence-corrected chi connectivity index (χ4v) is 1.29. The van der Waals surface area contributed by atoms with E-state index >= 15 is 0 Å². The van der Waals surface area contributed by atoms with E-state index in [4.69, 9.17) is 4.74 Å². The van der Waals surface area contributed by atoms with E-state index in [9.17, 15) is 0 Å². The summed E-state index contributed by atoms with van der Waals surface area (Å²) in [4.78, 5) is 6.52. The molecule has 0 aliphatic rings. The molecular weight excluding hydrogens is 188 g/mol. The highest BCUT2D eigenvalue weighted by Crippen LogP contribution is 2.08. The Morgan fingerprint density at radius 2 is 2.13 bits per heavy atom. The third-order valence-corrected chi connectivity index (χ3v) is 2.14. The highest BCUT2D eigenvalue weighted by Gasteiger charge is 1.97. The molecule has 0 aliphatic heterocycles. The summed E-state index contributed by atoms with van der Waals surface area (Å²) in [6, 6.07) is 5.93. The second kappa shape index (κ2) is 6.40. The summed E-state index contributed by atoms with van der Waals surface area (Å²) in [5.41, 5.74) is 1.08. The lowest BCUT2D eigenvalue weighted by Crippen LogP contribution is -2.15. The number of nitrogens with zero attached hydrogens (tertiary/aromatic N) is 2. The Bertz CT molecular complexity index is 287. The van der Waals surface area contributed by atoms with E-state index < -0.39 is 0 Å². The van der Waals surface area contributed by atoms with Gasteiger partial charge >= 0.3 is 0 Å². The average molecular weight is 208 g/mol. The number of hydrogen-bond acceptors (Lipinski definition) is 3. The number of aryl methyl sites for hydroxylation is 1. The van der Waals surface area contributed by atoms with E-state index in [1.54, 1.807) is 0 Å². The van der Waals surface area contributed by atoms with Crippen molar-refractivity contribution in [2.45, 2.75) is 19.8 Å². The zero-order valence-electron chi connectivity index (χ0n) is 9.86. The Hall–Kier alpha value is -1.09. The van der Waals surface area contributed by atoms with Crippen molar-refractivity contribution >= 4 is 0 Å². The molecule has 0 spiro atoms. The van der Waals surface area contributed by atoms with Crippen molar-refractivity contribution in [1.29, 1.82) is 0 Å². The molecule has 0 radical (unpaired) electrons. The monoisotopic (exact) mass is 208 g/mol. The predicted octanol–water partition coefficient (Wildman–Crippen LogP) is 1.97. The van der Waals surface area contributed by atoms with Crippen LogP contribution in [0.2, 0.25) is 0 Å². The van der Waals surface area contributed by atoms with E-state index in [1.165, 1.54) is 0 Å². The smallest absolute Gasteiger partial charge is 0.213 e. The minimum Gasteiger partial charge on any atom is -0.478 e. The first-order valence-electron chi connectivity index (χ1n) is 5.46. The zero-order valence-corrected chi connectivity index (χ0v) is 9.86. The molecule has 0 amide bonds. The van der Waals surface area contributed by atoms with E-state index in [0.29, 0.717) is 0 Å². The average Bonchev–Trinajstić information content (AvgIpc) is 2.24. The molecule has 3 heteroatoms. The van der Waals surface area contributed by atoms with Crippen LogP contribution in [0.4, 0.5) is 0 Å². The van der Waals surface area contributed by atoms with Crippen LogP contribution >= 0.6 is 0 Å². The molecule has 0 aromatic carbocycles. The first-order valence-corrected chi connectivity index (χ1v) is 5.46. The number of rotatable bonds is 6. The molecular formula is C12H20N2O. The molecule has 3 nitrogen and oxygen atoms in total. The van der Waals surface area contributed by atoms with Gasteiger partial charge in [-0.15, -0.1) is 0 Å². The molecule has 1 heterocycles. The lowest BCUT2D eigenvalue weighted by molar-refractivity contribution is 0.272. The van der Waals surface area contributed by atoms with Crippen molar-refractivity contribution in [2.75, 3.05) is 27.2 Å². The maximum atomic E-state index is 5.56. The Labute approximate surface area is 92.1 Å². The Balaban J connectivity index is 2.30. The molecule has 1 rings (SSSR count). The van der Waals surface area contributed by atoms with Gasteiger partial charge in [-0.05, 0) is 33.0 Å². The summed E-state index contributed by atoms with van der Waals surface area (Å²) >= 11 is 0. The van der Waals surface area contributed by atoms with Crippen molar-refractivity contribution in [1.82, 2.24) is 9.88 Å². The molecule has 0 aliphatic carbocycles. The van der Waals surface area contributed by atoms with Crippen LogP contribution in [-0.2, 0) is 6.42 Å². The molecule has 84 valence electrons. The topological polar surface area (TPSA) is 25.4 Å². The highest BCUT2D eigenvalue weighted by molar-refractivity contribution is 5.15. The lowest BCUT2D eigenvalue weighted by Gasteiger charge is -2.10. The first kappa shape index (κ1) is 12.0. The van der Waals surface area contributed by atoms with Crippen LogP contribution in [0.5, 0.6) is 5.88 Å². The van der Waals surface area contributed by atoms with Gasteiger partial charge in [0.1, 0.15) is 0 Å². The van der Waals surface area contributed by atoms with Gasteiger partial charge in [0.15, 0.2) is 0 Å². The van der Waals surface area contributed by atoms with Crippen molar-refractivity contribution in [3.8, 4) is 5.88 Å². The van der Waals surface area contributed by atoms with Crippen LogP contribution in [0.25, 0.3) is 0 Å². The zero-order chi connectivity index (χ0) is 11.1. The van der Waals surface area contributed by atoms with Gasteiger partial charge < -0.3 is 9.64 Å². The second-order valence-corrected chi connectivity index (χ2v) is 3.83. The minimum absolute atomic E-state index is 0.734. The third-order valence-electron chi connectivity index (χ3n) is 2.14. The van der Waals surface area contributed by atoms with E-state index in [-0.39, 0.29) is 0 Å². The summed E-state index contributed by atoms with van der Waals surface area (Å²) in [5, 5.41) is 0. The summed E-state index contributed by atoms with van der Waals surface area (Å²) in [6.07, 6.45) is 1.99. The molecule has 1 aromatic rings. The lowest BCUT2D eigenvalue weighted by atomic mass is 10.3. The van der Waals surface area contributed by atoms with Crippen LogP contribution in [-0.4, -0.2) is 37.1 Å². The maximum Gasteiger partial charge on any atom is 0.213 e. The fourth-order valence-electron chi connectivity index (χ4n) is 1.29. The quantitative estimate of drug-likeness (QED) is 0.668. The normalized spacial score (nSPS) is 10.7. The van der Waals surface area contributed by atoms with Crippen LogP contribution in [0, 0.1) is 0 Å². The van der Waals surface area contributed by atoms with Crippen molar-refractivity contribution in [3.63, 3.8) is 0 Å². The molecule has 15 heavy (non-hydrogen) atoms. The van der Waals surface area contributed by atoms with Gasteiger partial charge in [0.05, 0.1) is 6.61 Å². The summed E-state index contributed by atoms with van der Waals surface area (Å²) in [6.45, 7) is 3.88. The Morgan fingerprint density at radius 3 is 2.80 bits per heavy atom. The van der Waals surface area contributed by atoms with E-state index in [2.05, 4.69) is 30.9 Å². The van der Waals surface area contributed by atoms with Gasteiger partial charge in [-0.3, -0.25) is 0 Å². The van der Waals surface area contributed by atoms with Crippen molar-refractivity contribution in [3.05, 3.63) is 23.9 Å². The summed E-state index contributed by atoms with van der Waals surface area (Å²) in [5.74, 6) is 0.744. The summed E-state index contributed by atoms with van der Waals surface area (Å²) in [7, 11) is 4.13. The Morgan fingerprint density at radius 1 is 1.33 bits per heavy atom. The minimum atomic E-state index is 0.734. The third kappa shape index (κ3) is 4.79. The van der Waals surface area contributed by atoms with Gasteiger partial charge in [-0.25, -0.2) is 4.98 Å². The van der Waals surface area contributed by atoms with Gasteiger partial charge in [-0.2, -0.15) is 0 Å². The largest absolute Gasteiger partial charge is 0.478 e. The molecule has 0 saturated carbocycles. The van der Waals surface area contributed by atoms with Crippen molar-refractivity contribution in [2.24, 2.45) is 0 Å². The van der Waals surface area contributed by atoms with Gasteiger partial charge in [0, 0.05) is 18.3 Å². The number of pyridine rings is 1. The number of aromatic nitrogens is 1. The molecule has 1 aromatic heterocycles. The van der Waals surface area contributed by atoms with Crippen LogP contribution in [0.15, 0.2) is 18.2 Å². The van der Waals surface area contributed by atoms with Gasteiger partial charge in [0.25, 0.3) is 0 Å². The molecule has 0 bridgehead atoms. The van der Waals surface area contributed by atoms with E-state index in [1.807, 2.05) is 18.2 Å². The molecule has 0 saturated heterocycles. The SMILES string of the molecule is CCc1cccc(OCCCN(C)C)n1. The Kier molecular flexibility index (Phi) is 5.12. The van der Waals surface area contributed by atoms with Gasteiger partial charge in [0.2, 0.25) is 5.88 Å². The summed E-state index contributed by atoms with van der Waals surface area (Å²) < 4.78 is 5.56. The van der Waals surface area contributed by atoms with Gasteiger partial charge in [-0.1, -0.05) is 13.0 Å². The van der Waals surface area contributed by atoms with Crippen LogP contribution in [0.1, 0.15) is 19.0 Å². The number of hydrogen-bond donors (Lipinski definition) is 0. The standard InChI is InChI=1S/C12H20N2O/c1-4-11-7-5-8-12(13-11)15-10-6-9-14(2)3/h5,7-8H,4,6,9-10H2,1-3H3. The first-order chi connectivity index (χ1) is 7.22.